The second-order valence-corrected chi connectivity index (χ2v) is 6.44. The van der Waals surface area contributed by atoms with Crippen LogP contribution in [0.5, 0.6) is 0 Å². The van der Waals surface area contributed by atoms with Gasteiger partial charge in [0.2, 0.25) is 0 Å². The lowest BCUT2D eigenvalue weighted by Crippen LogP contribution is -2.35. The third-order valence-corrected chi connectivity index (χ3v) is 3.85. The second-order valence-electron chi connectivity index (χ2n) is 6.44. The lowest BCUT2D eigenvalue weighted by atomic mass is 10.2. The Kier molecular flexibility index (Phi) is 6.97. The summed E-state index contributed by atoms with van der Waals surface area (Å²) in [4.78, 5) is 2.15. The molecule has 5 heteroatoms. The van der Waals surface area contributed by atoms with Gasteiger partial charge in [-0.3, -0.25) is 4.90 Å². The van der Waals surface area contributed by atoms with Crippen molar-refractivity contribution in [3.8, 4) is 0 Å². The van der Waals surface area contributed by atoms with Crippen LogP contribution in [0.3, 0.4) is 0 Å². The minimum absolute atomic E-state index is 0.0954. The van der Waals surface area contributed by atoms with Crippen molar-refractivity contribution in [2.75, 3.05) is 13.2 Å². The van der Waals surface area contributed by atoms with E-state index in [9.17, 15) is 9.50 Å². The van der Waals surface area contributed by atoms with Gasteiger partial charge in [0, 0.05) is 38.6 Å². The molecule has 0 aliphatic carbocycles. The molecular weight excluding hydrogens is 307 g/mol. The quantitative estimate of drug-likeness (QED) is 0.766. The predicted octanol–water partition coefficient (Wildman–Crippen LogP) is 2.95. The smallest absolute Gasteiger partial charge is 0.123 e. The minimum atomic E-state index is -0.562. The summed E-state index contributed by atoms with van der Waals surface area (Å²) in [6, 6.07) is 10.6. The van der Waals surface area contributed by atoms with E-state index in [0.717, 1.165) is 11.3 Å². The molecule has 0 saturated heterocycles. The summed E-state index contributed by atoms with van der Waals surface area (Å²) in [5, 5.41) is 10.3. The molecule has 0 aliphatic rings. The average molecular weight is 334 g/mol. The van der Waals surface area contributed by atoms with E-state index < -0.39 is 6.10 Å². The molecule has 1 aromatic heterocycles. The van der Waals surface area contributed by atoms with Crippen molar-refractivity contribution in [3.63, 3.8) is 0 Å². The zero-order chi connectivity index (χ0) is 17.5. The number of aliphatic hydroxyl groups is 1. The van der Waals surface area contributed by atoms with Gasteiger partial charge in [-0.25, -0.2) is 4.39 Å². The van der Waals surface area contributed by atoms with Crippen LogP contribution >= 0.6 is 0 Å². The largest absolute Gasteiger partial charge is 0.389 e. The molecule has 2 aromatic rings. The fourth-order valence-corrected chi connectivity index (χ4v) is 2.58. The van der Waals surface area contributed by atoms with Gasteiger partial charge in [0.15, 0.2) is 0 Å². The zero-order valence-corrected chi connectivity index (χ0v) is 14.7. The Balaban J connectivity index is 2.02. The van der Waals surface area contributed by atoms with Crippen molar-refractivity contribution in [1.82, 2.24) is 9.47 Å². The van der Waals surface area contributed by atoms with Crippen molar-refractivity contribution in [3.05, 3.63) is 59.7 Å². The lowest BCUT2D eigenvalue weighted by molar-refractivity contribution is -0.0109. The van der Waals surface area contributed by atoms with Crippen LogP contribution in [0.1, 0.15) is 25.1 Å². The van der Waals surface area contributed by atoms with Crippen molar-refractivity contribution in [2.24, 2.45) is 7.05 Å². The molecule has 2 rings (SSSR count). The average Bonchev–Trinajstić information content (AvgIpc) is 2.92. The van der Waals surface area contributed by atoms with Gasteiger partial charge in [0.05, 0.1) is 18.8 Å². The van der Waals surface area contributed by atoms with Crippen molar-refractivity contribution < 1.29 is 14.2 Å². The first-order valence-electron chi connectivity index (χ1n) is 8.30. The highest BCUT2D eigenvalue weighted by atomic mass is 19.1. The summed E-state index contributed by atoms with van der Waals surface area (Å²) < 4.78 is 20.7. The van der Waals surface area contributed by atoms with Crippen LogP contribution in [-0.4, -0.2) is 39.9 Å². The molecule has 0 amide bonds. The first-order valence-corrected chi connectivity index (χ1v) is 8.30. The van der Waals surface area contributed by atoms with Crippen LogP contribution in [0.2, 0.25) is 0 Å². The third kappa shape index (κ3) is 6.07. The number of aromatic nitrogens is 1. The number of benzene rings is 1. The van der Waals surface area contributed by atoms with Gasteiger partial charge in [-0.05, 0) is 43.7 Å². The Morgan fingerprint density at radius 2 is 1.88 bits per heavy atom. The maximum Gasteiger partial charge on any atom is 0.123 e. The van der Waals surface area contributed by atoms with Gasteiger partial charge >= 0.3 is 0 Å². The van der Waals surface area contributed by atoms with E-state index in [0.29, 0.717) is 26.2 Å². The molecule has 0 aliphatic heterocycles. The summed E-state index contributed by atoms with van der Waals surface area (Å²) in [6.45, 7) is 6.06. The fraction of sp³-hybridized carbons (Fsp3) is 0.474. The van der Waals surface area contributed by atoms with Crippen molar-refractivity contribution in [2.45, 2.75) is 39.1 Å². The molecule has 132 valence electrons. The zero-order valence-electron chi connectivity index (χ0n) is 14.7. The lowest BCUT2D eigenvalue weighted by Gasteiger charge is -2.26. The van der Waals surface area contributed by atoms with Gasteiger partial charge in [-0.15, -0.1) is 0 Å². The molecule has 0 spiro atoms. The predicted molar refractivity (Wildman–Crippen MR) is 93.0 cm³/mol. The highest BCUT2D eigenvalue weighted by Crippen LogP contribution is 2.12. The number of hydrogen-bond donors (Lipinski definition) is 1. The molecule has 0 unspecified atom stereocenters. The summed E-state index contributed by atoms with van der Waals surface area (Å²) >= 11 is 0. The molecule has 24 heavy (non-hydrogen) atoms. The Morgan fingerprint density at radius 3 is 2.46 bits per heavy atom. The number of aliphatic hydroxyl groups excluding tert-OH is 1. The van der Waals surface area contributed by atoms with Gasteiger partial charge in [-0.1, -0.05) is 12.1 Å². The molecule has 0 saturated carbocycles. The molecule has 1 heterocycles. The topological polar surface area (TPSA) is 37.6 Å². The van der Waals surface area contributed by atoms with E-state index in [1.54, 1.807) is 12.1 Å². The summed E-state index contributed by atoms with van der Waals surface area (Å²) in [5.41, 5.74) is 2.18. The molecule has 0 bridgehead atoms. The van der Waals surface area contributed by atoms with E-state index in [2.05, 4.69) is 15.5 Å². The molecule has 0 radical (unpaired) electrons. The van der Waals surface area contributed by atoms with Crippen molar-refractivity contribution in [1.29, 1.82) is 0 Å². The Bertz CT molecular complexity index is 610. The summed E-state index contributed by atoms with van der Waals surface area (Å²) in [7, 11) is 2.00. The van der Waals surface area contributed by atoms with Gasteiger partial charge in [0.1, 0.15) is 5.82 Å². The molecule has 1 aromatic carbocycles. The molecule has 1 N–H and O–H groups in total. The fourth-order valence-electron chi connectivity index (χ4n) is 2.58. The van der Waals surface area contributed by atoms with E-state index in [4.69, 9.17) is 4.74 Å². The first kappa shape index (κ1) is 18.6. The SMILES string of the molecule is CC(C)OC[C@@H](O)CN(Cc1ccc(F)cc1)Cc1cccn1C. The summed E-state index contributed by atoms with van der Waals surface area (Å²) in [5.74, 6) is -0.238. The van der Waals surface area contributed by atoms with E-state index >= 15 is 0 Å². The molecule has 1 atom stereocenters. The number of halogens is 1. The van der Waals surface area contributed by atoms with Gasteiger partial charge in [0.25, 0.3) is 0 Å². The van der Waals surface area contributed by atoms with E-state index in [1.807, 2.05) is 33.2 Å². The van der Waals surface area contributed by atoms with Crippen LogP contribution in [0.25, 0.3) is 0 Å². The number of nitrogens with zero attached hydrogens (tertiary/aromatic N) is 2. The Hall–Kier alpha value is -1.69. The molecule has 4 nitrogen and oxygen atoms in total. The van der Waals surface area contributed by atoms with Crippen LogP contribution in [0, 0.1) is 5.82 Å². The summed E-state index contributed by atoms with van der Waals surface area (Å²) in [6.07, 6.45) is 1.54. The van der Waals surface area contributed by atoms with Crippen LogP contribution in [-0.2, 0) is 24.9 Å². The Labute approximate surface area is 143 Å². The first-order chi connectivity index (χ1) is 11.4. The van der Waals surface area contributed by atoms with Crippen LogP contribution < -0.4 is 0 Å². The third-order valence-electron chi connectivity index (χ3n) is 3.85. The Morgan fingerprint density at radius 1 is 1.17 bits per heavy atom. The van der Waals surface area contributed by atoms with Crippen LogP contribution in [0.4, 0.5) is 4.39 Å². The van der Waals surface area contributed by atoms with E-state index in [1.165, 1.54) is 12.1 Å². The number of hydrogen-bond acceptors (Lipinski definition) is 3. The van der Waals surface area contributed by atoms with Gasteiger partial charge in [-0.2, -0.15) is 0 Å². The van der Waals surface area contributed by atoms with Crippen LogP contribution in [0.15, 0.2) is 42.6 Å². The number of ether oxygens (including phenoxy) is 1. The highest BCUT2D eigenvalue weighted by Gasteiger charge is 2.15. The maximum atomic E-state index is 13.1. The highest BCUT2D eigenvalue weighted by molar-refractivity contribution is 5.16. The van der Waals surface area contributed by atoms with Gasteiger partial charge < -0.3 is 14.4 Å². The second kappa shape index (κ2) is 8.97. The molecular formula is C19H27FN2O2. The number of aryl methyl sites for hydroxylation is 1. The molecule has 0 fully saturated rings. The monoisotopic (exact) mass is 334 g/mol. The van der Waals surface area contributed by atoms with Crippen molar-refractivity contribution >= 4 is 0 Å². The maximum absolute atomic E-state index is 13.1. The van der Waals surface area contributed by atoms with E-state index in [-0.39, 0.29) is 11.9 Å². The minimum Gasteiger partial charge on any atom is -0.389 e. The standard InChI is InChI=1S/C19H27FN2O2/c1-15(2)24-14-19(23)13-22(12-18-5-4-10-21(18)3)11-16-6-8-17(20)9-7-16/h4-10,15,19,23H,11-14H2,1-3H3/t19-/m0/s1. The number of rotatable bonds is 9. The normalized spacial score (nSPS) is 13.0.